The number of aromatic hydroxyl groups is 1. The second-order valence-corrected chi connectivity index (χ2v) is 5.44. The van der Waals surface area contributed by atoms with Crippen LogP contribution in [0.15, 0.2) is 42.5 Å². The van der Waals surface area contributed by atoms with Crippen LogP contribution < -0.4 is 5.32 Å². The zero-order valence-corrected chi connectivity index (χ0v) is 13.3. The SMILES string of the molecule is Cc1ccc(O)c(C(=O)OCC(=O)NCc2cccc(Cl)c2)c1. The van der Waals surface area contributed by atoms with Gasteiger partial charge in [-0.05, 0) is 36.8 Å². The number of ether oxygens (including phenoxy) is 1. The number of phenolic OH excluding ortho intramolecular Hbond substituents is 1. The maximum Gasteiger partial charge on any atom is 0.342 e. The van der Waals surface area contributed by atoms with Gasteiger partial charge < -0.3 is 15.2 Å². The van der Waals surface area contributed by atoms with Crippen molar-refractivity contribution in [1.29, 1.82) is 0 Å². The Morgan fingerprint density at radius 3 is 2.74 bits per heavy atom. The van der Waals surface area contributed by atoms with E-state index in [1.165, 1.54) is 12.1 Å². The minimum Gasteiger partial charge on any atom is -0.507 e. The Morgan fingerprint density at radius 2 is 2.00 bits per heavy atom. The Labute approximate surface area is 138 Å². The third kappa shape index (κ3) is 5.00. The van der Waals surface area contributed by atoms with Crippen molar-refractivity contribution in [3.63, 3.8) is 0 Å². The maximum atomic E-state index is 11.9. The number of halogens is 1. The fourth-order valence-electron chi connectivity index (χ4n) is 1.92. The molecule has 23 heavy (non-hydrogen) atoms. The monoisotopic (exact) mass is 333 g/mol. The first-order chi connectivity index (χ1) is 11.0. The van der Waals surface area contributed by atoms with Crippen molar-refractivity contribution in [3.05, 3.63) is 64.2 Å². The topological polar surface area (TPSA) is 75.6 Å². The smallest absolute Gasteiger partial charge is 0.342 e. The van der Waals surface area contributed by atoms with Gasteiger partial charge in [-0.1, -0.05) is 35.4 Å². The lowest BCUT2D eigenvalue weighted by molar-refractivity contribution is -0.124. The molecule has 5 nitrogen and oxygen atoms in total. The van der Waals surface area contributed by atoms with Gasteiger partial charge >= 0.3 is 5.97 Å². The highest BCUT2D eigenvalue weighted by molar-refractivity contribution is 6.30. The summed E-state index contributed by atoms with van der Waals surface area (Å²) in [6.45, 7) is 1.65. The van der Waals surface area contributed by atoms with Gasteiger partial charge in [0.2, 0.25) is 0 Å². The van der Waals surface area contributed by atoms with E-state index in [0.717, 1.165) is 11.1 Å². The summed E-state index contributed by atoms with van der Waals surface area (Å²) in [5.74, 6) is -1.37. The van der Waals surface area contributed by atoms with E-state index < -0.39 is 18.5 Å². The van der Waals surface area contributed by atoms with Crippen LogP contribution in [0.4, 0.5) is 0 Å². The van der Waals surface area contributed by atoms with Crippen molar-refractivity contribution in [2.45, 2.75) is 13.5 Å². The summed E-state index contributed by atoms with van der Waals surface area (Å²) in [5, 5.41) is 12.8. The molecule has 0 spiro atoms. The van der Waals surface area contributed by atoms with Crippen molar-refractivity contribution in [1.82, 2.24) is 5.32 Å². The van der Waals surface area contributed by atoms with E-state index in [-0.39, 0.29) is 17.9 Å². The molecule has 0 aromatic heterocycles. The molecule has 0 bridgehead atoms. The molecule has 0 fully saturated rings. The fraction of sp³-hybridized carbons (Fsp3) is 0.176. The summed E-state index contributed by atoms with van der Waals surface area (Å²) in [4.78, 5) is 23.6. The largest absolute Gasteiger partial charge is 0.507 e. The first kappa shape index (κ1) is 16.8. The van der Waals surface area contributed by atoms with Gasteiger partial charge in [-0.3, -0.25) is 4.79 Å². The summed E-state index contributed by atoms with van der Waals surface area (Å²) < 4.78 is 4.90. The summed E-state index contributed by atoms with van der Waals surface area (Å²) >= 11 is 5.85. The Morgan fingerprint density at radius 1 is 1.22 bits per heavy atom. The number of phenols is 1. The number of rotatable bonds is 5. The number of hydrogen-bond acceptors (Lipinski definition) is 4. The highest BCUT2D eigenvalue weighted by Crippen LogP contribution is 2.19. The zero-order valence-electron chi connectivity index (χ0n) is 12.5. The van der Waals surface area contributed by atoms with Gasteiger partial charge in [0.25, 0.3) is 5.91 Å². The molecule has 1 amide bonds. The van der Waals surface area contributed by atoms with Gasteiger partial charge in [-0.15, -0.1) is 0 Å². The molecule has 2 N–H and O–H groups in total. The first-order valence-electron chi connectivity index (χ1n) is 6.93. The molecule has 0 saturated carbocycles. The van der Waals surface area contributed by atoms with Gasteiger partial charge in [-0.2, -0.15) is 0 Å². The average molecular weight is 334 g/mol. The Hall–Kier alpha value is -2.53. The van der Waals surface area contributed by atoms with Crippen LogP contribution in [0.1, 0.15) is 21.5 Å². The zero-order chi connectivity index (χ0) is 16.8. The summed E-state index contributed by atoms with van der Waals surface area (Å²) in [6.07, 6.45) is 0. The van der Waals surface area contributed by atoms with Crippen LogP contribution in [0.5, 0.6) is 5.75 Å². The van der Waals surface area contributed by atoms with Crippen molar-refractivity contribution < 1.29 is 19.4 Å². The molecular weight excluding hydrogens is 318 g/mol. The van der Waals surface area contributed by atoms with Gasteiger partial charge in [0.1, 0.15) is 11.3 Å². The Balaban J connectivity index is 1.84. The number of nitrogens with one attached hydrogen (secondary N) is 1. The average Bonchev–Trinajstić information content (AvgIpc) is 2.53. The second-order valence-electron chi connectivity index (χ2n) is 5.00. The van der Waals surface area contributed by atoms with Gasteiger partial charge in [0, 0.05) is 11.6 Å². The standard InChI is InChI=1S/C17H16ClNO4/c1-11-5-6-15(20)14(7-11)17(22)23-10-16(21)19-9-12-3-2-4-13(18)8-12/h2-8,20H,9-10H2,1H3,(H,19,21). The molecule has 0 saturated heterocycles. The van der Waals surface area contributed by atoms with E-state index in [9.17, 15) is 14.7 Å². The lowest BCUT2D eigenvalue weighted by Gasteiger charge is -2.08. The normalized spacial score (nSPS) is 10.2. The maximum absolute atomic E-state index is 11.9. The van der Waals surface area contributed by atoms with Gasteiger partial charge in [-0.25, -0.2) is 4.79 Å². The number of carbonyl (C=O) groups is 2. The lowest BCUT2D eigenvalue weighted by atomic mass is 10.1. The van der Waals surface area contributed by atoms with Crippen molar-refractivity contribution >= 4 is 23.5 Å². The van der Waals surface area contributed by atoms with E-state index in [1.807, 2.05) is 6.07 Å². The lowest BCUT2D eigenvalue weighted by Crippen LogP contribution is -2.28. The molecule has 0 unspecified atom stereocenters. The molecule has 2 aromatic rings. The minimum atomic E-state index is -0.746. The van der Waals surface area contributed by atoms with Crippen LogP contribution in [0.3, 0.4) is 0 Å². The van der Waals surface area contributed by atoms with Crippen molar-refractivity contribution in [2.75, 3.05) is 6.61 Å². The predicted molar refractivity (Wildman–Crippen MR) is 86.4 cm³/mol. The highest BCUT2D eigenvalue weighted by Gasteiger charge is 2.14. The molecule has 0 aliphatic carbocycles. The van der Waals surface area contributed by atoms with Crippen LogP contribution in [-0.4, -0.2) is 23.6 Å². The van der Waals surface area contributed by atoms with E-state index in [0.29, 0.717) is 5.02 Å². The van der Waals surface area contributed by atoms with Crippen molar-refractivity contribution in [2.24, 2.45) is 0 Å². The van der Waals surface area contributed by atoms with Crippen LogP contribution in [0, 0.1) is 6.92 Å². The second kappa shape index (κ2) is 7.65. The van der Waals surface area contributed by atoms with E-state index in [2.05, 4.69) is 5.32 Å². The number of carbonyl (C=O) groups excluding carboxylic acids is 2. The molecule has 0 atom stereocenters. The minimum absolute atomic E-state index is 0.0349. The quantitative estimate of drug-likeness (QED) is 0.825. The number of aryl methyl sites for hydroxylation is 1. The Bertz CT molecular complexity index is 730. The molecule has 6 heteroatoms. The van der Waals surface area contributed by atoms with E-state index in [4.69, 9.17) is 16.3 Å². The summed E-state index contributed by atoms with van der Waals surface area (Å²) in [5.41, 5.74) is 1.68. The number of esters is 1. The number of hydrogen-bond donors (Lipinski definition) is 2. The fourth-order valence-corrected chi connectivity index (χ4v) is 2.13. The molecule has 0 aliphatic rings. The molecule has 0 aliphatic heterocycles. The van der Waals surface area contributed by atoms with Crippen molar-refractivity contribution in [3.8, 4) is 5.75 Å². The van der Waals surface area contributed by atoms with Gasteiger partial charge in [0.05, 0.1) is 0 Å². The first-order valence-corrected chi connectivity index (χ1v) is 7.31. The molecule has 0 heterocycles. The third-order valence-corrected chi connectivity index (χ3v) is 3.32. The van der Waals surface area contributed by atoms with E-state index >= 15 is 0 Å². The van der Waals surface area contributed by atoms with Crippen LogP contribution >= 0.6 is 11.6 Å². The van der Waals surface area contributed by atoms with Gasteiger partial charge in [0.15, 0.2) is 6.61 Å². The predicted octanol–water partition coefficient (Wildman–Crippen LogP) is 2.83. The molecule has 2 aromatic carbocycles. The van der Waals surface area contributed by atoms with Crippen LogP contribution in [0.25, 0.3) is 0 Å². The summed E-state index contributed by atoms with van der Waals surface area (Å²) in [6, 6.07) is 11.7. The Kier molecular flexibility index (Phi) is 5.60. The molecule has 120 valence electrons. The molecule has 2 rings (SSSR count). The summed E-state index contributed by atoms with van der Waals surface area (Å²) in [7, 11) is 0. The molecule has 0 radical (unpaired) electrons. The van der Waals surface area contributed by atoms with E-state index in [1.54, 1.807) is 31.2 Å². The van der Waals surface area contributed by atoms with Crippen LogP contribution in [0.2, 0.25) is 5.02 Å². The molecular formula is C17H16ClNO4. The van der Waals surface area contributed by atoms with Crippen LogP contribution in [-0.2, 0) is 16.1 Å². The number of amides is 1. The number of benzene rings is 2. The highest BCUT2D eigenvalue weighted by atomic mass is 35.5. The third-order valence-electron chi connectivity index (χ3n) is 3.09.